The second kappa shape index (κ2) is 9.55. The van der Waals surface area contributed by atoms with Crippen LogP contribution in [0.15, 0.2) is 41.1 Å². The van der Waals surface area contributed by atoms with Crippen molar-refractivity contribution < 1.29 is 29.3 Å². The molecule has 142 valence electrons. The van der Waals surface area contributed by atoms with Crippen LogP contribution in [0.3, 0.4) is 0 Å². The van der Waals surface area contributed by atoms with E-state index in [1.807, 2.05) is 35.0 Å². The largest absolute Gasteiger partial charge is 0.497 e. The van der Waals surface area contributed by atoms with Crippen molar-refractivity contribution in [1.29, 1.82) is 0 Å². The second-order valence-electron chi connectivity index (χ2n) is 4.82. The number of hydrogen-bond acceptors (Lipinski definition) is 8. The van der Waals surface area contributed by atoms with E-state index in [4.69, 9.17) is 29.3 Å². The number of thiazole rings is 1. The maximum Gasteiger partial charge on any atom is 0.414 e. The van der Waals surface area contributed by atoms with Crippen molar-refractivity contribution in [3.05, 3.63) is 41.1 Å². The SMILES string of the molecule is COc1ccc(Nc2nc(-c3cccs3)cs2)c(OC)c1.O=C(O)C(=O)O. The number of hydrogen-bond donors (Lipinski definition) is 3. The number of carboxylic acid groups (broad SMARTS) is 2. The summed E-state index contributed by atoms with van der Waals surface area (Å²) in [5.74, 6) is -2.16. The molecule has 3 aromatic rings. The van der Waals surface area contributed by atoms with Crippen LogP contribution in [0.4, 0.5) is 10.8 Å². The monoisotopic (exact) mass is 408 g/mol. The number of carbonyl (C=O) groups is 2. The van der Waals surface area contributed by atoms with Crippen molar-refractivity contribution in [3.63, 3.8) is 0 Å². The van der Waals surface area contributed by atoms with Crippen molar-refractivity contribution in [3.8, 4) is 22.1 Å². The van der Waals surface area contributed by atoms with E-state index >= 15 is 0 Å². The minimum absolute atomic E-state index is 0.724. The molecule has 10 heteroatoms. The molecule has 8 nitrogen and oxygen atoms in total. The van der Waals surface area contributed by atoms with Gasteiger partial charge in [0.25, 0.3) is 0 Å². The molecule has 0 fully saturated rings. The van der Waals surface area contributed by atoms with Gasteiger partial charge in [-0.05, 0) is 23.6 Å². The van der Waals surface area contributed by atoms with Gasteiger partial charge in [0.05, 0.1) is 30.5 Å². The van der Waals surface area contributed by atoms with Gasteiger partial charge in [-0.2, -0.15) is 0 Å². The molecule has 0 unspecified atom stereocenters. The van der Waals surface area contributed by atoms with Gasteiger partial charge in [-0.3, -0.25) is 0 Å². The van der Waals surface area contributed by atoms with Gasteiger partial charge in [-0.1, -0.05) is 6.07 Å². The number of aliphatic carboxylic acids is 2. The number of anilines is 2. The molecular formula is C17H16N2O6S2. The van der Waals surface area contributed by atoms with Gasteiger partial charge in [0.2, 0.25) is 0 Å². The summed E-state index contributed by atoms with van der Waals surface area (Å²) in [6.07, 6.45) is 0. The molecule has 0 aliphatic heterocycles. The molecule has 0 spiro atoms. The van der Waals surface area contributed by atoms with Crippen LogP contribution in [0.2, 0.25) is 0 Å². The number of aromatic nitrogens is 1. The summed E-state index contributed by atoms with van der Waals surface area (Å²) in [7, 11) is 3.27. The summed E-state index contributed by atoms with van der Waals surface area (Å²) in [6.45, 7) is 0. The molecule has 0 saturated heterocycles. The number of ether oxygens (including phenoxy) is 2. The van der Waals surface area contributed by atoms with E-state index in [0.29, 0.717) is 0 Å². The Morgan fingerprint density at radius 2 is 1.81 bits per heavy atom. The molecule has 27 heavy (non-hydrogen) atoms. The molecule has 0 radical (unpaired) electrons. The molecule has 0 aliphatic carbocycles. The smallest absolute Gasteiger partial charge is 0.414 e. The average Bonchev–Trinajstić information content (AvgIpc) is 3.34. The van der Waals surface area contributed by atoms with Gasteiger partial charge >= 0.3 is 11.9 Å². The molecule has 0 saturated carbocycles. The number of nitrogens with zero attached hydrogens (tertiary/aromatic N) is 1. The highest BCUT2D eigenvalue weighted by molar-refractivity contribution is 7.16. The van der Waals surface area contributed by atoms with Crippen LogP contribution in [-0.4, -0.2) is 41.4 Å². The standard InChI is InChI=1S/C15H14N2O2S2.C2H2O4/c1-18-10-5-6-11(13(8-10)19-2)16-15-17-12(9-21-15)14-4-3-7-20-14;3-1(4)2(5)6/h3-9H,1-2H3,(H,16,17);(H,3,4)(H,5,6). The van der Waals surface area contributed by atoms with Crippen LogP contribution in [0.5, 0.6) is 11.5 Å². The van der Waals surface area contributed by atoms with Gasteiger partial charge in [-0.15, -0.1) is 22.7 Å². The predicted octanol–water partition coefficient (Wildman–Crippen LogP) is 3.79. The summed E-state index contributed by atoms with van der Waals surface area (Å²) in [5, 5.41) is 23.0. The highest BCUT2D eigenvalue weighted by Crippen LogP contribution is 2.34. The summed E-state index contributed by atoms with van der Waals surface area (Å²) < 4.78 is 10.6. The highest BCUT2D eigenvalue weighted by atomic mass is 32.1. The van der Waals surface area contributed by atoms with E-state index < -0.39 is 11.9 Å². The molecule has 2 aromatic heterocycles. The fraction of sp³-hybridized carbons (Fsp3) is 0.118. The lowest BCUT2D eigenvalue weighted by Crippen LogP contribution is -2.09. The number of carboxylic acids is 2. The van der Waals surface area contributed by atoms with Crippen molar-refractivity contribution in [1.82, 2.24) is 4.98 Å². The Bertz CT molecular complexity index is 896. The first-order valence-corrected chi connectivity index (χ1v) is 9.15. The molecule has 0 amide bonds. The zero-order chi connectivity index (χ0) is 19.8. The first kappa shape index (κ1) is 20.2. The maximum atomic E-state index is 9.10. The summed E-state index contributed by atoms with van der Waals surface area (Å²) in [4.78, 5) is 24.0. The normalized spacial score (nSPS) is 9.70. The Balaban J connectivity index is 0.000000380. The van der Waals surface area contributed by atoms with Crippen molar-refractivity contribution in [2.45, 2.75) is 0 Å². The van der Waals surface area contributed by atoms with E-state index in [1.165, 1.54) is 4.88 Å². The summed E-state index contributed by atoms with van der Waals surface area (Å²) in [6, 6.07) is 9.75. The predicted molar refractivity (Wildman–Crippen MR) is 104 cm³/mol. The van der Waals surface area contributed by atoms with Gasteiger partial charge in [-0.25, -0.2) is 14.6 Å². The molecule has 2 heterocycles. The van der Waals surface area contributed by atoms with Crippen LogP contribution in [0.1, 0.15) is 0 Å². The quantitative estimate of drug-likeness (QED) is 0.546. The minimum Gasteiger partial charge on any atom is -0.497 e. The van der Waals surface area contributed by atoms with Gasteiger partial charge in [0.1, 0.15) is 11.5 Å². The molecule has 0 bridgehead atoms. The number of benzene rings is 1. The maximum absolute atomic E-state index is 9.10. The third-order valence-electron chi connectivity index (χ3n) is 3.11. The first-order valence-electron chi connectivity index (χ1n) is 7.39. The molecule has 0 atom stereocenters. The minimum atomic E-state index is -1.82. The zero-order valence-electron chi connectivity index (χ0n) is 14.3. The lowest BCUT2D eigenvalue weighted by molar-refractivity contribution is -0.159. The Kier molecular flexibility index (Phi) is 7.15. The van der Waals surface area contributed by atoms with Crippen LogP contribution in [0, 0.1) is 0 Å². The Morgan fingerprint density at radius 3 is 2.37 bits per heavy atom. The van der Waals surface area contributed by atoms with Crippen LogP contribution >= 0.6 is 22.7 Å². The van der Waals surface area contributed by atoms with Crippen LogP contribution in [0.25, 0.3) is 10.6 Å². The first-order chi connectivity index (χ1) is 12.9. The third kappa shape index (κ3) is 5.69. The fourth-order valence-electron chi connectivity index (χ4n) is 1.89. The lowest BCUT2D eigenvalue weighted by atomic mass is 10.3. The molecule has 1 aromatic carbocycles. The van der Waals surface area contributed by atoms with Crippen LogP contribution in [-0.2, 0) is 9.59 Å². The number of thiophene rings is 1. The molecule has 0 aliphatic rings. The Labute approximate surface area is 162 Å². The van der Waals surface area contributed by atoms with E-state index in [-0.39, 0.29) is 0 Å². The summed E-state index contributed by atoms with van der Waals surface area (Å²) in [5.41, 5.74) is 1.86. The topological polar surface area (TPSA) is 118 Å². The van der Waals surface area contributed by atoms with Gasteiger partial charge < -0.3 is 25.0 Å². The zero-order valence-corrected chi connectivity index (χ0v) is 16.0. The Morgan fingerprint density at radius 1 is 1.07 bits per heavy atom. The molecule has 3 rings (SSSR count). The van der Waals surface area contributed by atoms with E-state index in [1.54, 1.807) is 36.9 Å². The van der Waals surface area contributed by atoms with Crippen molar-refractivity contribution in [2.24, 2.45) is 0 Å². The third-order valence-corrected chi connectivity index (χ3v) is 4.76. The highest BCUT2D eigenvalue weighted by Gasteiger charge is 2.09. The number of rotatable bonds is 5. The van der Waals surface area contributed by atoms with Gasteiger partial charge in [0.15, 0.2) is 5.13 Å². The van der Waals surface area contributed by atoms with E-state index in [9.17, 15) is 0 Å². The van der Waals surface area contributed by atoms with Crippen molar-refractivity contribution in [2.75, 3.05) is 19.5 Å². The molecule has 3 N–H and O–H groups in total. The number of methoxy groups -OCH3 is 2. The van der Waals surface area contributed by atoms with E-state index in [0.717, 1.165) is 28.0 Å². The summed E-state index contributed by atoms with van der Waals surface area (Å²) >= 11 is 3.25. The van der Waals surface area contributed by atoms with Gasteiger partial charge in [0, 0.05) is 11.4 Å². The van der Waals surface area contributed by atoms with Crippen LogP contribution < -0.4 is 14.8 Å². The lowest BCUT2D eigenvalue weighted by Gasteiger charge is -2.10. The Hall–Kier alpha value is -3.11. The second-order valence-corrected chi connectivity index (χ2v) is 6.62. The average molecular weight is 408 g/mol. The van der Waals surface area contributed by atoms with E-state index in [2.05, 4.69) is 16.4 Å². The van der Waals surface area contributed by atoms with Crippen molar-refractivity contribution >= 4 is 45.4 Å². The number of nitrogens with one attached hydrogen (secondary N) is 1. The molecular weight excluding hydrogens is 392 g/mol. The fourth-order valence-corrected chi connectivity index (χ4v) is 3.37.